The first-order valence-electron chi connectivity index (χ1n) is 9.16. The second kappa shape index (κ2) is 6.96. The Labute approximate surface area is 145 Å². The molecule has 1 aromatic carbocycles. The third kappa shape index (κ3) is 2.83. The molecule has 0 saturated heterocycles. The van der Waals surface area contributed by atoms with Crippen LogP contribution in [0.3, 0.4) is 0 Å². The second-order valence-electron chi connectivity index (χ2n) is 7.12. The Hall–Kier alpha value is -1.83. The number of allylic oxidation sites excluding steroid dienone is 3. The molecule has 0 spiro atoms. The Balaban J connectivity index is 1.90. The number of benzene rings is 1. The first-order chi connectivity index (χ1) is 11.6. The zero-order valence-electron chi connectivity index (χ0n) is 14.9. The summed E-state index contributed by atoms with van der Waals surface area (Å²) in [4.78, 5) is 12.6. The van der Waals surface area contributed by atoms with Gasteiger partial charge < -0.3 is 4.74 Å². The predicted octanol–water partition coefficient (Wildman–Crippen LogP) is 5.37. The topological polar surface area (TPSA) is 26.3 Å². The minimum atomic E-state index is -0.223. The van der Waals surface area contributed by atoms with Crippen molar-refractivity contribution in [3.05, 3.63) is 48.1 Å². The van der Waals surface area contributed by atoms with Gasteiger partial charge in [-0.15, -0.1) is 6.58 Å². The summed E-state index contributed by atoms with van der Waals surface area (Å²) in [6, 6.07) is 6.38. The van der Waals surface area contributed by atoms with E-state index in [1.165, 1.54) is 23.1 Å². The summed E-state index contributed by atoms with van der Waals surface area (Å²) < 4.78 is 5.36. The number of Topliss-reactive ketones (excluding diaryl/α,β-unsaturated/α-hetero) is 1. The van der Waals surface area contributed by atoms with Crippen molar-refractivity contribution in [2.24, 2.45) is 11.3 Å². The van der Waals surface area contributed by atoms with Crippen molar-refractivity contribution >= 4 is 11.4 Å². The molecule has 1 unspecified atom stereocenters. The van der Waals surface area contributed by atoms with E-state index in [0.717, 1.165) is 37.9 Å². The van der Waals surface area contributed by atoms with Crippen molar-refractivity contribution in [1.82, 2.24) is 0 Å². The standard InChI is InChI=1S/C22H28O2/c1-4-18-9-12-21(23)22(18,5-2)14-13-16-7-6-8-17-15-19(24-3)10-11-20(16)17/h4,10-11,13,15,18H,1,5-9,12,14H2,2-3H3/b16-13-/t18?,22-/m1/s1. The fraction of sp³-hybridized carbons (Fsp3) is 0.500. The van der Waals surface area contributed by atoms with Gasteiger partial charge in [-0.25, -0.2) is 0 Å². The van der Waals surface area contributed by atoms with Crippen molar-refractivity contribution in [1.29, 1.82) is 0 Å². The molecule has 3 rings (SSSR count). The van der Waals surface area contributed by atoms with Crippen LogP contribution >= 0.6 is 0 Å². The van der Waals surface area contributed by atoms with E-state index in [2.05, 4.69) is 31.7 Å². The van der Waals surface area contributed by atoms with E-state index in [1.807, 2.05) is 12.1 Å². The molecular weight excluding hydrogens is 296 g/mol. The van der Waals surface area contributed by atoms with Crippen LogP contribution in [0.4, 0.5) is 0 Å². The van der Waals surface area contributed by atoms with Crippen molar-refractivity contribution in [2.75, 3.05) is 7.11 Å². The van der Waals surface area contributed by atoms with Gasteiger partial charge in [-0.05, 0) is 73.3 Å². The second-order valence-corrected chi connectivity index (χ2v) is 7.12. The molecule has 0 radical (unpaired) electrons. The third-order valence-electron chi connectivity index (χ3n) is 6.13. The maximum absolute atomic E-state index is 12.6. The molecular formula is C22H28O2. The molecule has 2 heteroatoms. The van der Waals surface area contributed by atoms with Crippen LogP contribution in [0.2, 0.25) is 0 Å². The smallest absolute Gasteiger partial charge is 0.139 e. The number of fused-ring (bicyclic) bond motifs is 1. The molecule has 24 heavy (non-hydrogen) atoms. The molecule has 0 aliphatic heterocycles. The van der Waals surface area contributed by atoms with Crippen LogP contribution in [0, 0.1) is 11.3 Å². The lowest BCUT2D eigenvalue weighted by Gasteiger charge is -2.31. The zero-order chi connectivity index (χ0) is 17.2. The number of ketones is 1. The van der Waals surface area contributed by atoms with Crippen LogP contribution in [-0.4, -0.2) is 12.9 Å². The number of hydrogen-bond donors (Lipinski definition) is 0. The van der Waals surface area contributed by atoms with E-state index in [9.17, 15) is 4.79 Å². The van der Waals surface area contributed by atoms with Crippen LogP contribution in [0.25, 0.3) is 5.57 Å². The molecule has 1 fully saturated rings. The van der Waals surface area contributed by atoms with Gasteiger partial charge in [0.05, 0.1) is 7.11 Å². The summed E-state index contributed by atoms with van der Waals surface area (Å²) in [6.45, 7) is 6.13. The highest BCUT2D eigenvalue weighted by atomic mass is 16.5. The highest BCUT2D eigenvalue weighted by Gasteiger charge is 2.46. The van der Waals surface area contributed by atoms with E-state index < -0.39 is 0 Å². The lowest BCUT2D eigenvalue weighted by molar-refractivity contribution is -0.126. The lowest BCUT2D eigenvalue weighted by Crippen LogP contribution is -2.30. The number of ether oxygens (including phenoxy) is 1. The number of carbonyl (C=O) groups is 1. The van der Waals surface area contributed by atoms with Gasteiger partial charge in [0.2, 0.25) is 0 Å². The summed E-state index contributed by atoms with van der Waals surface area (Å²) in [7, 11) is 1.72. The molecule has 2 nitrogen and oxygen atoms in total. The number of hydrogen-bond acceptors (Lipinski definition) is 2. The average molecular weight is 324 g/mol. The largest absolute Gasteiger partial charge is 0.497 e. The highest BCUT2D eigenvalue weighted by molar-refractivity contribution is 5.88. The summed E-state index contributed by atoms with van der Waals surface area (Å²) in [5.41, 5.74) is 3.89. The van der Waals surface area contributed by atoms with Gasteiger partial charge in [-0.2, -0.15) is 0 Å². The summed E-state index contributed by atoms with van der Waals surface area (Å²) in [6.07, 6.45) is 11.2. The first-order valence-corrected chi connectivity index (χ1v) is 9.16. The fourth-order valence-electron chi connectivity index (χ4n) is 4.57. The molecule has 0 N–H and O–H groups in total. The van der Waals surface area contributed by atoms with Crippen molar-refractivity contribution in [3.8, 4) is 5.75 Å². The molecule has 0 amide bonds. The Bertz CT molecular complexity index is 671. The molecule has 0 aromatic heterocycles. The molecule has 2 aliphatic rings. The molecule has 1 saturated carbocycles. The predicted molar refractivity (Wildman–Crippen MR) is 99.2 cm³/mol. The summed E-state index contributed by atoms with van der Waals surface area (Å²) in [5, 5.41) is 0. The molecule has 2 aliphatic carbocycles. The monoisotopic (exact) mass is 324 g/mol. The minimum absolute atomic E-state index is 0.223. The van der Waals surface area contributed by atoms with Crippen LogP contribution in [0.5, 0.6) is 5.75 Å². The van der Waals surface area contributed by atoms with Gasteiger partial charge in [0.1, 0.15) is 11.5 Å². The van der Waals surface area contributed by atoms with Gasteiger partial charge in [0.25, 0.3) is 0 Å². The number of rotatable bonds is 5. The highest BCUT2D eigenvalue weighted by Crippen LogP contribution is 2.47. The Kier molecular flexibility index (Phi) is 4.93. The Morgan fingerprint density at radius 1 is 1.33 bits per heavy atom. The van der Waals surface area contributed by atoms with Gasteiger partial charge in [-0.3, -0.25) is 4.79 Å². The fourth-order valence-corrected chi connectivity index (χ4v) is 4.57. The van der Waals surface area contributed by atoms with Gasteiger partial charge in [0, 0.05) is 11.8 Å². The van der Waals surface area contributed by atoms with Gasteiger partial charge >= 0.3 is 0 Å². The summed E-state index contributed by atoms with van der Waals surface area (Å²) >= 11 is 0. The molecule has 0 bridgehead atoms. The van der Waals surface area contributed by atoms with Crippen molar-refractivity contribution < 1.29 is 9.53 Å². The van der Waals surface area contributed by atoms with Crippen LogP contribution < -0.4 is 4.74 Å². The van der Waals surface area contributed by atoms with Crippen molar-refractivity contribution in [2.45, 2.75) is 51.9 Å². The minimum Gasteiger partial charge on any atom is -0.497 e. The van der Waals surface area contributed by atoms with E-state index in [4.69, 9.17) is 4.74 Å². The molecule has 1 aromatic rings. The van der Waals surface area contributed by atoms with E-state index >= 15 is 0 Å². The third-order valence-corrected chi connectivity index (χ3v) is 6.13. The number of aryl methyl sites for hydroxylation is 1. The Morgan fingerprint density at radius 3 is 2.88 bits per heavy atom. The first kappa shape index (κ1) is 17.0. The van der Waals surface area contributed by atoms with Crippen molar-refractivity contribution in [3.63, 3.8) is 0 Å². The quantitative estimate of drug-likeness (QED) is 0.681. The molecule has 0 heterocycles. The van der Waals surface area contributed by atoms with Crippen LogP contribution in [-0.2, 0) is 11.2 Å². The maximum atomic E-state index is 12.6. The average Bonchev–Trinajstić information content (AvgIpc) is 2.95. The molecule has 128 valence electrons. The van der Waals surface area contributed by atoms with E-state index in [1.54, 1.807) is 7.11 Å². The number of carbonyl (C=O) groups excluding carboxylic acids is 1. The lowest BCUT2D eigenvalue weighted by atomic mass is 9.71. The number of methoxy groups -OCH3 is 1. The SMILES string of the molecule is C=CC1CCC(=O)[C@]1(CC)C/C=C1/CCCc2cc(OC)ccc21. The Morgan fingerprint density at radius 2 is 2.17 bits per heavy atom. The van der Waals surface area contributed by atoms with Crippen LogP contribution in [0.15, 0.2) is 36.9 Å². The summed E-state index contributed by atoms with van der Waals surface area (Å²) in [5.74, 6) is 1.68. The normalized spacial score (nSPS) is 28.0. The van der Waals surface area contributed by atoms with Gasteiger partial charge in [0.15, 0.2) is 0 Å². The van der Waals surface area contributed by atoms with Gasteiger partial charge in [-0.1, -0.05) is 25.1 Å². The van der Waals surface area contributed by atoms with E-state index in [0.29, 0.717) is 18.1 Å². The molecule has 2 atom stereocenters. The zero-order valence-corrected chi connectivity index (χ0v) is 14.9. The maximum Gasteiger partial charge on any atom is 0.139 e. The van der Waals surface area contributed by atoms with Crippen LogP contribution in [0.1, 0.15) is 56.6 Å². The van der Waals surface area contributed by atoms with E-state index in [-0.39, 0.29) is 5.41 Å².